The molecule has 4 saturated heterocycles. The van der Waals surface area contributed by atoms with Gasteiger partial charge in [0.05, 0.1) is 67.0 Å². The van der Waals surface area contributed by atoms with E-state index in [2.05, 4.69) is 37.4 Å². The monoisotopic (exact) mass is 845 g/mol. The molecule has 1 saturated carbocycles. The second kappa shape index (κ2) is 16.7. The number of nitrogens with one attached hydrogen (secondary N) is 2. The Bertz CT molecular complexity index is 2650. The predicted octanol–water partition coefficient (Wildman–Crippen LogP) is 3.06. The summed E-state index contributed by atoms with van der Waals surface area (Å²) in [6, 6.07) is 7.23. The third kappa shape index (κ3) is 7.62. The van der Waals surface area contributed by atoms with Gasteiger partial charge in [0.1, 0.15) is 29.7 Å². The number of likely N-dealkylation sites (tertiary alicyclic amines) is 1. The van der Waals surface area contributed by atoms with Gasteiger partial charge < -0.3 is 29.3 Å². The molecule has 0 spiro atoms. The maximum absolute atomic E-state index is 13.6. The molecule has 62 heavy (non-hydrogen) atoms. The normalized spacial score (nSPS) is 24.4. The maximum atomic E-state index is 13.6. The quantitative estimate of drug-likeness (QED) is 0.155. The number of rotatable bonds is 10. The van der Waals surface area contributed by atoms with Gasteiger partial charge in [-0.15, -0.1) is 5.10 Å². The number of hydrogen-bond acceptors (Lipinski definition) is 12. The number of benzene rings is 1. The Hall–Kier alpha value is -6.03. The molecule has 3 amide bonds. The predicted molar refractivity (Wildman–Crippen MR) is 227 cm³/mol. The Morgan fingerprint density at radius 3 is 2.65 bits per heavy atom. The van der Waals surface area contributed by atoms with Crippen LogP contribution in [0.3, 0.4) is 0 Å². The Balaban J connectivity index is 0.691. The minimum absolute atomic E-state index is 0.136. The van der Waals surface area contributed by atoms with Gasteiger partial charge in [0.2, 0.25) is 11.8 Å². The third-order valence-corrected chi connectivity index (χ3v) is 13.4. The van der Waals surface area contributed by atoms with E-state index in [4.69, 9.17) is 24.3 Å². The van der Waals surface area contributed by atoms with Crippen LogP contribution in [0.5, 0.6) is 5.88 Å². The average Bonchev–Trinajstić information content (AvgIpc) is 4.13. The van der Waals surface area contributed by atoms with E-state index in [-0.39, 0.29) is 55.2 Å². The van der Waals surface area contributed by atoms with Gasteiger partial charge in [-0.2, -0.15) is 5.10 Å². The second-order valence-electron chi connectivity index (χ2n) is 17.2. The molecule has 1 unspecified atom stereocenters. The molecule has 8 heterocycles. The summed E-state index contributed by atoms with van der Waals surface area (Å²) in [6.45, 7) is 4.80. The van der Waals surface area contributed by atoms with Gasteiger partial charge in [0.25, 0.3) is 11.8 Å². The summed E-state index contributed by atoms with van der Waals surface area (Å²) in [5.74, 6) is 7.05. The lowest BCUT2D eigenvalue weighted by atomic mass is 9.85. The van der Waals surface area contributed by atoms with Crippen molar-refractivity contribution in [1.29, 1.82) is 0 Å². The zero-order valence-electron chi connectivity index (χ0n) is 35.0. The van der Waals surface area contributed by atoms with Crippen molar-refractivity contribution in [1.82, 2.24) is 43.7 Å². The number of aryl methyl sites for hydroxylation is 1. The molecule has 1 aromatic carbocycles. The molecule has 4 aliphatic heterocycles. The number of amides is 3. The van der Waals surface area contributed by atoms with E-state index in [1.165, 1.54) is 9.13 Å². The fourth-order valence-electron chi connectivity index (χ4n) is 10.1. The third-order valence-electron chi connectivity index (χ3n) is 13.4. The molecule has 1 aliphatic carbocycles. The van der Waals surface area contributed by atoms with Crippen molar-refractivity contribution in [3.63, 3.8) is 0 Å². The zero-order valence-corrected chi connectivity index (χ0v) is 35.0. The van der Waals surface area contributed by atoms with Gasteiger partial charge in [-0.1, -0.05) is 17.9 Å². The van der Waals surface area contributed by atoms with Crippen molar-refractivity contribution >= 4 is 45.9 Å². The summed E-state index contributed by atoms with van der Waals surface area (Å²) in [7, 11) is 3.24. The van der Waals surface area contributed by atoms with E-state index < -0.39 is 11.9 Å². The van der Waals surface area contributed by atoms with Crippen LogP contribution in [-0.2, 0) is 26.1 Å². The van der Waals surface area contributed by atoms with E-state index in [0.29, 0.717) is 57.9 Å². The minimum Gasteiger partial charge on any atom is -0.478 e. The number of morpholine rings is 1. The first kappa shape index (κ1) is 40.1. The number of carbonyl (C=O) groups is 3. The van der Waals surface area contributed by atoms with Crippen LogP contribution in [0.4, 0.5) is 11.5 Å². The van der Waals surface area contributed by atoms with Crippen LogP contribution in [-0.4, -0.2) is 121 Å². The maximum Gasteiger partial charge on any atom is 0.329 e. The smallest absolute Gasteiger partial charge is 0.329 e. The summed E-state index contributed by atoms with van der Waals surface area (Å²) in [5, 5.41) is 14.5. The van der Waals surface area contributed by atoms with E-state index in [0.717, 1.165) is 76.9 Å². The molecule has 5 fully saturated rings. The molecular formula is C44H51N11O7. The van der Waals surface area contributed by atoms with Crippen LogP contribution in [0.1, 0.15) is 85.8 Å². The number of fused-ring (bicyclic) bond motifs is 4. The SMILES string of the molecule is COc1nn(C2CCC(CN3CCC(OCC#Cc4cccc5c4n(C)c(=O)n5C4CCC(=O)NC4=O)CC3)CC2)cc1NC(=O)c1cnn2ccc(N3C[C@H]4C[C@@H]3CO4)nc12. The molecule has 5 aliphatic rings. The lowest BCUT2D eigenvalue weighted by molar-refractivity contribution is -0.135. The number of aromatic nitrogens is 7. The van der Waals surface area contributed by atoms with Gasteiger partial charge in [-0.25, -0.2) is 14.3 Å². The first-order chi connectivity index (χ1) is 30.2. The number of imidazole rings is 1. The number of hydrogen-bond donors (Lipinski definition) is 2. The second-order valence-corrected chi connectivity index (χ2v) is 17.2. The molecule has 5 aromatic rings. The van der Waals surface area contributed by atoms with Crippen molar-refractivity contribution in [3.05, 3.63) is 64.5 Å². The molecule has 18 heteroatoms. The molecule has 2 N–H and O–H groups in total. The summed E-state index contributed by atoms with van der Waals surface area (Å²) in [5.41, 5.74) is 3.04. The Labute approximate surface area is 357 Å². The molecule has 10 rings (SSSR count). The van der Waals surface area contributed by atoms with Crippen molar-refractivity contribution < 1.29 is 28.6 Å². The van der Waals surface area contributed by atoms with E-state index in [1.54, 1.807) is 24.9 Å². The lowest BCUT2D eigenvalue weighted by Gasteiger charge is -2.36. The molecule has 0 radical (unpaired) electrons. The molecule has 3 atom stereocenters. The number of carbonyl (C=O) groups excluding carboxylic acids is 3. The van der Waals surface area contributed by atoms with Crippen LogP contribution < -0.4 is 26.0 Å². The largest absolute Gasteiger partial charge is 0.478 e. The molecule has 324 valence electrons. The Kier molecular flexibility index (Phi) is 10.8. The van der Waals surface area contributed by atoms with Crippen molar-refractivity contribution in [2.45, 2.75) is 88.1 Å². The number of ether oxygens (including phenoxy) is 3. The van der Waals surface area contributed by atoms with Gasteiger partial charge in [0.15, 0.2) is 5.65 Å². The average molecular weight is 846 g/mol. The summed E-state index contributed by atoms with van der Waals surface area (Å²) < 4.78 is 24.1. The first-order valence-corrected chi connectivity index (χ1v) is 21.7. The minimum atomic E-state index is -0.741. The van der Waals surface area contributed by atoms with E-state index in [9.17, 15) is 19.2 Å². The summed E-state index contributed by atoms with van der Waals surface area (Å²) in [4.78, 5) is 60.8. The first-order valence-electron chi connectivity index (χ1n) is 21.7. The van der Waals surface area contributed by atoms with Gasteiger partial charge >= 0.3 is 5.69 Å². The topological polar surface area (TPSA) is 184 Å². The number of methoxy groups -OCH3 is 1. The standard InChI is InChI=1S/C44H51N11O7/c1-50-39-28(5-3-7-35(39)55(44(50)59)36-12-13-38(56)48-42(36)58)6-4-20-61-31-14-17-51(18-15-31)23-27-8-10-29(11-9-27)54-25-34(43(49-54)60-2)46-41(57)33-22-45-53-19-16-37(47-40(33)53)52-24-32-21-30(52)26-62-32/h3,5,7,16,19,22,25,27,29-32,36H,8-15,17-18,20-21,23-24,26H2,1-2H3,(H,46,57)(H,48,56,58)/t27?,29?,30-,32-,36?/m1/s1. The highest BCUT2D eigenvalue weighted by molar-refractivity contribution is 6.08. The number of para-hydroxylation sites is 1. The number of imide groups is 1. The van der Waals surface area contributed by atoms with Crippen molar-refractivity contribution in [3.8, 4) is 17.7 Å². The summed E-state index contributed by atoms with van der Waals surface area (Å²) in [6.07, 6.45) is 13.2. The highest BCUT2D eigenvalue weighted by atomic mass is 16.5. The molecule has 18 nitrogen and oxygen atoms in total. The highest BCUT2D eigenvalue weighted by Gasteiger charge is 2.40. The number of piperidine rings is 2. The molecular weight excluding hydrogens is 795 g/mol. The fraction of sp³-hybridized carbons (Fsp3) is 0.523. The van der Waals surface area contributed by atoms with Crippen molar-refractivity contribution in [2.75, 3.05) is 56.7 Å². The number of nitrogens with zero attached hydrogens (tertiary/aromatic N) is 9. The fourth-order valence-corrected chi connectivity index (χ4v) is 10.1. The van der Waals surface area contributed by atoms with Crippen LogP contribution in [0.2, 0.25) is 0 Å². The van der Waals surface area contributed by atoms with Crippen LogP contribution in [0.25, 0.3) is 16.7 Å². The molecule has 4 aromatic heterocycles. The van der Waals surface area contributed by atoms with E-state index >= 15 is 0 Å². The molecule has 2 bridgehead atoms. The number of anilines is 2. The Morgan fingerprint density at radius 1 is 1.05 bits per heavy atom. The van der Waals surface area contributed by atoms with Gasteiger partial charge in [-0.05, 0) is 75.5 Å². The van der Waals surface area contributed by atoms with Crippen LogP contribution in [0.15, 0.2) is 47.7 Å². The zero-order chi connectivity index (χ0) is 42.5. The van der Waals surface area contributed by atoms with Gasteiger partial charge in [-0.3, -0.25) is 33.5 Å². The highest BCUT2D eigenvalue weighted by Crippen LogP contribution is 2.36. The lowest BCUT2D eigenvalue weighted by Crippen LogP contribution is -2.44. The van der Waals surface area contributed by atoms with Crippen LogP contribution >= 0.6 is 0 Å². The van der Waals surface area contributed by atoms with Crippen molar-refractivity contribution in [2.24, 2.45) is 13.0 Å². The van der Waals surface area contributed by atoms with E-state index in [1.807, 2.05) is 41.3 Å². The van der Waals surface area contributed by atoms with Crippen LogP contribution in [0, 0.1) is 17.8 Å². The summed E-state index contributed by atoms with van der Waals surface area (Å²) >= 11 is 0. The van der Waals surface area contributed by atoms with Gasteiger partial charge in [0, 0.05) is 45.8 Å². The Morgan fingerprint density at radius 2 is 1.89 bits per heavy atom.